The Hall–Kier alpha value is -0.0581. The molecule has 1 nitrogen and oxygen atoms in total. The molecule has 68 valence electrons. The van der Waals surface area contributed by atoms with Crippen LogP contribution in [0.4, 0.5) is 0 Å². The van der Waals surface area contributed by atoms with Crippen LogP contribution in [0.2, 0.25) is 0 Å². The Morgan fingerprint density at radius 1 is 1.31 bits per heavy atom. The van der Waals surface area contributed by atoms with Crippen molar-refractivity contribution in [1.82, 2.24) is 0 Å². The zero-order valence-electron chi connectivity index (χ0n) is 8.01. The number of nitrogens with one attached hydrogen (secondary N) is 1. The Kier molecular flexibility index (Phi) is 14.2. The van der Waals surface area contributed by atoms with Crippen molar-refractivity contribution in [3.8, 4) is 0 Å². The standard InChI is InChI=1S/C8H9.C3H6N.U/c1-2-8-6-4-3-5-7-8;1-2-3-4;/h3-7H,1-2H2;4H,2H2,1H3;/q2*-1;+2. The van der Waals surface area contributed by atoms with Crippen molar-refractivity contribution in [3.63, 3.8) is 0 Å². The van der Waals surface area contributed by atoms with Crippen LogP contribution in [-0.2, 0) is 6.42 Å². The van der Waals surface area contributed by atoms with Gasteiger partial charge in [-0.3, -0.25) is 0 Å². The topological polar surface area (TPSA) is 23.9 Å². The molecule has 0 heterocycles. The number of hydrogen-bond acceptors (Lipinski definition) is 1. The van der Waals surface area contributed by atoms with Gasteiger partial charge in [0.2, 0.25) is 0 Å². The number of rotatable bonds is 2. The van der Waals surface area contributed by atoms with Crippen LogP contribution in [0.5, 0.6) is 0 Å². The molecule has 0 saturated carbocycles. The van der Waals surface area contributed by atoms with Crippen LogP contribution in [0.15, 0.2) is 30.3 Å². The van der Waals surface area contributed by atoms with Gasteiger partial charge in [-0.15, -0.1) is 0 Å². The van der Waals surface area contributed by atoms with Gasteiger partial charge in [0, 0.05) is 0 Å². The molecule has 0 aromatic heterocycles. The smallest absolute Gasteiger partial charge is 0.519 e. The minimum absolute atomic E-state index is 0. The van der Waals surface area contributed by atoms with E-state index in [4.69, 9.17) is 5.41 Å². The number of hydrogen-bond donors (Lipinski definition) is 1. The summed E-state index contributed by atoms with van der Waals surface area (Å²) in [4.78, 5) is 0. The molecule has 1 aromatic rings. The zero-order valence-corrected chi connectivity index (χ0v) is 12.2. The largest absolute Gasteiger partial charge is 2.00 e. The van der Waals surface area contributed by atoms with E-state index in [9.17, 15) is 0 Å². The van der Waals surface area contributed by atoms with Gasteiger partial charge in [-0.25, -0.2) is 0 Å². The van der Waals surface area contributed by atoms with E-state index in [1.807, 2.05) is 25.1 Å². The van der Waals surface area contributed by atoms with E-state index in [0.29, 0.717) is 0 Å². The van der Waals surface area contributed by atoms with Gasteiger partial charge in [-0.1, -0.05) is 42.8 Å². The third-order valence-electron chi connectivity index (χ3n) is 1.31. The molecule has 0 atom stereocenters. The van der Waals surface area contributed by atoms with E-state index >= 15 is 0 Å². The van der Waals surface area contributed by atoms with Crippen molar-refractivity contribution < 1.29 is 31.1 Å². The van der Waals surface area contributed by atoms with E-state index in [2.05, 4.69) is 25.3 Å². The molecule has 0 aliphatic heterocycles. The second-order valence-corrected chi connectivity index (χ2v) is 2.27. The first-order valence-corrected chi connectivity index (χ1v) is 4.07. The fourth-order valence-corrected chi connectivity index (χ4v) is 0.645. The molecule has 1 rings (SSSR count). The summed E-state index contributed by atoms with van der Waals surface area (Å²) in [5.74, 6) is 0. The van der Waals surface area contributed by atoms with E-state index in [-0.39, 0.29) is 31.1 Å². The quantitative estimate of drug-likeness (QED) is 0.584. The molecular formula is C11H15NU. The predicted octanol–water partition coefficient (Wildman–Crippen LogP) is 2.99. The summed E-state index contributed by atoms with van der Waals surface area (Å²) < 4.78 is 0. The fourth-order valence-electron chi connectivity index (χ4n) is 0.645. The van der Waals surface area contributed by atoms with Crippen LogP contribution in [-0.4, -0.2) is 6.21 Å². The Morgan fingerprint density at radius 2 is 1.77 bits per heavy atom. The second kappa shape index (κ2) is 11.9. The molecule has 0 aliphatic carbocycles. The molecule has 13 heavy (non-hydrogen) atoms. The van der Waals surface area contributed by atoms with Crippen LogP contribution >= 0.6 is 0 Å². The van der Waals surface area contributed by atoms with Crippen molar-refractivity contribution in [2.45, 2.75) is 19.8 Å². The molecular weight excluding hydrogens is 384 g/mol. The Balaban J connectivity index is 0. The normalized spacial score (nSPS) is 7.54. The maximum atomic E-state index is 6.20. The first-order chi connectivity index (χ1) is 5.85. The van der Waals surface area contributed by atoms with Crippen molar-refractivity contribution in [3.05, 3.63) is 42.8 Å². The minimum Gasteiger partial charge on any atom is -0.519 e. The molecule has 0 unspecified atom stereocenters. The molecule has 1 N–H and O–H groups in total. The Bertz CT molecular complexity index is 197. The Morgan fingerprint density at radius 3 is 2.00 bits per heavy atom. The van der Waals surface area contributed by atoms with Gasteiger partial charge in [0.1, 0.15) is 0 Å². The fraction of sp³-hybridized carbons (Fsp3) is 0.273. The van der Waals surface area contributed by atoms with Crippen molar-refractivity contribution in [1.29, 1.82) is 5.41 Å². The summed E-state index contributed by atoms with van der Waals surface area (Å²) >= 11 is 0. The number of benzene rings is 1. The molecule has 0 saturated heterocycles. The first-order valence-electron chi connectivity index (χ1n) is 4.07. The summed E-state index contributed by atoms with van der Waals surface area (Å²) in [6.45, 7) is 5.64. The predicted molar refractivity (Wildman–Crippen MR) is 53.5 cm³/mol. The third-order valence-corrected chi connectivity index (χ3v) is 1.31. The van der Waals surface area contributed by atoms with Gasteiger partial charge in [0.25, 0.3) is 0 Å². The molecule has 0 aliphatic rings. The van der Waals surface area contributed by atoms with Crippen LogP contribution in [0.3, 0.4) is 0 Å². The van der Waals surface area contributed by atoms with Crippen molar-refractivity contribution in [2.75, 3.05) is 0 Å². The van der Waals surface area contributed by atoms with Gasteiger partial charge in [0.15, 0.2) is 0 Å². The summed E-state index contributed by atoms with van der Waals surface area (Å²) in [5.41, 5.74) is 1.30. The molecule has 0 radical (unpaired) electrons. The molecule has 1 aromatic carbocycles. The molecule has 0 fully saturated rings. The van der Waals surface area contributed by atoms with Crippen LogP contribution in [0, 0.1) is 43.4 Å². The molecule has 0 amide bonds. The third kappa shape index (κ3) is 9.86. The first kappa shape index (κ1) is 15.4. The second-order valence-electron chi connectivity index (χ2n) is 2.27. The summed E-state index contributed by atoms with van der Waals surface area (Å²) in [6.07, 6.45) is 3.81. The monoisotopic (exact) mass is 399 g/mol. The van der Waals surface area contributed by atoms with E-state index < -0.39 is 0 Å². The van der Waals surface area contributed by atoms with Crippen LogP contribution < -0.4 is 0 Å². The summed E-state index contributed by atoms with van der Waals surface area (Å²) in [5, 5.41) is 6.20. The summed E-state index contributed by atoms with van der Waals surface area (Å²) in [7, 11) is 0. The van der Waals surface area contributed by atoms with E-state index in [1.165, 1.54) is 5.56 Å². The van der Waals surface area contributed by atoms with Crippen molar-refractivity contribution in [2.24, 2.45) is 0 Å². The SMILES string of the molecule is CC[C-]=N.[CH2-]Cc1ccccc1.[U+2]. The van der Waals surface area contributed by atoms with E-state index in [0.717, 1.165) is 12.8 Å². The minimum atomic E-state index is 0. The maximum absolute atomic E-state index is 6.20. The van der Waals surface area contributed by atoms with Crippen LogP contribution in [0.1, 0.15) is 18.9 Å². The molecule has 0 bridgehead atoms. The Labute approximate surface area is 105 Å². The van der Waals surface area contributed by atoms with E-state index in [1.54, 1.807) is 0 Å². The summed E-state index contributed by atoms with van der Waals surface area (Å²) in [6, 6.07) is 10.2. The zero-order chi connectivity index (χ0) is 9.23. The van der Waals surface area contributed by atoms with Crippen molar-refractivity contribution >= 4 is 6.21 Å². The maximum Gasteiger partial charge on any atom is 2.00 e. The average molecular weight is 399 g/mol. The van der Waals surface area contributed by atoms with Gasteiger partial charge < -0.3 is 18.5 Å². The average Bonchev–Trinajstić information content (AvgIpc) is 2.19. The van der Waals surface area contributed by atoms with Gasteiger partial charge in [-0.05, 0) is 0 Å². The van der Waals surface area contributed by atoms with Crippen LogP contribution in [0.25, 0.3) is 0 Å². The van der Waals surface area contributed by atoms with Gasteiger partial charge in [0.05, 0.1) is 0 Å². The van der Waals surface area contributed by atoms with Gasteiger partial charge >= 0.3 is 31.1 Å². The molecule has 0 spiro atoms. The van der Waals surface area contributed by atoms with Gasteiger partial charge in [-0.2, -0.15) is 12.8 Å². The molecule has 2 heteroatoms.